The van der Waals surface area contributed by atoms with Crippen LogP contribution in [0.2, 0.25) is 0 Å². The zero-order valence-corrected chi connectivity index (χ0v) is 9.96. The molecule has 0 fully saturated rings. The van der Waals surface area contributed by atoms with Crippen molar-refractivity contribution < 1.29 is 4.79 Å². The van der Waals surface area contributed by atoms with Gasteiger partial charge in [-0.2, -0.15) is 0 Å². The van der Waals surface area contributed by atoms with Gasteiger partial charge in [0.1, 0.15) is 0 Å². The third kappa shape index (κ3) is 2.76. The van der Waals surface area contributed by atoms with Crippen molar-refractivity contribution in [2.24, 2.45) is 0 Å². The summed E-state index contributed by atoms with van der Waals surface area (Å²) in [5.41, 5.74) is 1.97. The summed E-state index contributed by atoms with van der Waals surface area (Å²) in [4.78, 5) is 16.0. The summed E-state index contributed by atoms with van der Waals surface area (Å²) >= 11 is 1.60. The number of hydrogen-bond donors (Lipinski definition) is 0. The number of aromatic nitrogens is 1. The molecule has 0 saturated carbocycles. The minimum Gasteiger partial charge on any atom is -0.294 e. The predicted molar refractivity (Wildman–Crippen MR) is 65.9 cm³/mol. The molecule has 2 rings (SSSR count). The number of hydrogen-bond acceptors (Lipinski definition) is 3. The Morgan fingerprint density at radius 2 is 2.06 bits per heavy atom. The monoisotopic (exact) mass is 231 g/mol. The summed E-state index contributed by atoms with van der Waals surface area (Å²) in [6, 6.07) is 7.71. The highest BCUT2D eigenvalue weighted by molar-refractivity contribution is 7.09. The van der Waals surface area contributed by atoms with Gasteiger partial charge in [0.05, 0.1) is 5.01 Å². The van der Waals surface area contributed by atoms with Gasteiger partial charge in [0.25, 0.3) is 0 Å². The van der Waals surface area contributed by atoms with Gasteiger partial charge in [-0.1, -0.05) is 29.8 Å². The van der Waals surface area contributed by atoms with Crippen LogP contribution < -0.4 is 0 Å². The number of rotatable bonds is 4. The van der Waals surface area contributed by atoms with E-state index < -0.39 is 0 Å². The van der Waals surface area contributed by atoms with Gasteiger partial charge < -0.3 is 0 Å². The number of carbonyl (C=O) groups is 1. The molecular formula is C13H13NOS. The fraction of sp³-hybridized carbons (Fsp3) is 0.231. The second-order valence-corrected chi connectivity index (χ2v) is 4.69. The van der Waals surface area contributed by atoms with Crippen LogP contribution in [0.5, 0.6) is 0 Å². The van der Waals surface area contributed by atoms with E-state index in [4.69, 9.17) is 0 Å². The molecule has 0 unspecified atom stereocenters. The zero-order valence-electron chi connectivity index (χ0n) is 9.14. The third-order valence-corrected chi connectivity index (χ3v) is 3.26. The predicted octanol–water partition coefficient (Wildman–Crippen LogP) is 3.27. The highest BCUT2D eigenvalue weighted by Crippen LogP contribution is 2.11. The van der Waals surface area contributed by atoms with Crippen LogP contribution in [0.15, 0.2) is 35.8 Å². The molecule has 0 atom stereocenters. The molecule has 0 bridgehead atoms. The molecule has 0 N–H and O–H groups in total. The topological polar surface area (TPSA) is 30.0 Å². The standard InChI is InChI=1S/C13H13NOS/c1-10-2-4-11(5-3-10)12(15)6-7-13-14-8-9-16-13/h2-5,8-9H,6-7H2,1H3. The molecule has 1 aromatic carbocycles. The highest BCUT2D eigenvalue weighted by atomic mass is 32.1. The maximum absolute atomic E-state index is 11.8. The maximum Gasteiger partial charge on any atom is 0.163 e. The highest BCUT2D eigenvalue weighted by Gasteiger charge is 2.06. The van der Waals surface area contributed by atoms with Crippen LogP contribution in [0.25, 0.3) is 0 Å². The normalized spacial score (nSPS) is 10.3. The second-order valence-electron chi connectivity index (χ2n) is 3.72. The molecule has 0 spiro atoms. The number of ketones is 1. The minimum atomic E-state index is 0.190. The Bertz CT molecular complexity index is 459. The molecule has 2 aromatic rings. The molecule has 1 aromatic heterocycles. The number of Topliss-reactive ketones (excluding diaryl/α,β-unsaturated/α-hetero) is 1. The van der Waals surface area contributed by atoms with E-state index in [0.29, 0.717) is 6.42 Å². The summed E-state index contributed by atoms with van der Waals surface area (Å²) in [6.45, 7) is 2.02. The molecule has 16 heavy (non-hydrogen) atoms. The van der Waals surface area contributed by atoms with Gasteiger partial charge in [-0.3, -0.25) is 4.79 Å². The SMILES string of the molecule is Cc1ccc(C(=O)CCc2nccs2)cc1. The number of benzene rings is 1. The number of aryl methyl sites for hydroxylation is 2. The number of thiazole rings is 1. The Kier molecular flexibility index (Phi) is 3.47. The van der Waals surface area contributed by atoms with E-state index in [1.165, 1.54) is 5.56 Å². The van der Waals surface area contributed by atoms with Crippen LogP contribution >= 0.6 is 11.3 Å². The van der Waals surface area contributed by atoms with Crippen LogP contribution in [-0.4, -0.2) is 10.8 Å². The van der Waals surface area contributed by atoms with E-state index in [0.717, 1.165) is 17.0 Å². The maximum atomic E-state index is 11.8. The summed E-state index contributed by atoms with van der Waals surface area (Å²) in [5.74, 6) is 0.190. The molecular weight excluding hydrogens is 218 g/mol. The van der Waals surface area contributed by atoms with Gasteiger partial charge in [0.15, 0.2) is 5.78 Å². The van der Waals surface area contributed by atoms with Crippen LogP contribution in [-0.2, 0) is 6.42 Å². The summed E-state index contributed by atoms with van der Waals surface area (Å²) in [5, 5.41) is 2.96. The van der Waals surface area contributed by atoms with E-state index in [2.05, 4.69) is 4.98 Å². The van der Waals surface area contributed by atoms with Gasteiger partial charge in [-0.05, 0) is 6.92 Å². The first-order chi connectivity index (χ1) is 7.75. The van der Waals surface area contributed by atoms with E-state index in [1.807, 2.05) is 36.6 Å². The molecule has 0 aliphatic heterocycles. The van der Waals surface area contributed by atoms with Gasteiger partial charge in [0.2, 0.25) is 0 Å². The van der Waals surface area contributed by atoms with Crippen LogP contribution in [0.1, 0.15) is 27.3 Å². The Balaban J connectivity index is 1.95. The number of carbonyl (C=O) groups excluding carboxylic acids is 1. The van der Waals surface area contributed by atoms with Crippen molar-refractivity contribution in [2.45, 2.75) is 19.8 Å². The van der Waals surface area contributed by atoms with Crippen LogP contribution in [0.4, 0.5) is 0 Å². The Hall–Kier alpha value is -1.48. The minimum absolute atomic E-state index is 0.190. The van der Waals surface area contributed by atoms with E-state index in [1.54, 1.807) is 17.5 Å². The van der Waals surface area contributed by atoms with Gasteiger partial charge >= 0.3 is 0 Å². The zero-order chi connectivity index (χ0) is 11.4. The molecule has 0 radical (unpaired) electrons. The molecule has 2 nitrogen and oxygen atoms in total. The summed E-state index contributed by atoms with van der Waals surface area (Å²) in [7, 11) is 0. The molecule has 0 saturated heterocycles. The summed E-state index contributed by atoms with van der Waals surface area (Å²) in [6.07, 6.45) is 3.05. The van der Waals surface area contributed by atoms with E-state index in [9.17, 15) is 4.79 Å². The van der Waals surface area contributed by atoms with E-state index >= 15 is 0 Å². The molecule has 3 heteroatoms. The quantitative estimate of drug-likeness (QED) is 0.756. The van der Waals surface area contributed by atoms with E-state index in [-0.39, 0.29) is 5.78 Å². The largest absolute Gasteiger partial charge is 0.294 e. The molecule has 0 aliphatic carbocycles. The van der Waals surface area contributed by atoms with Gasteiger partial charge in [-0.15, -0.1) is 11.3 Å². The first-order valence-corrected chi connectivity index (χ1v) is 6.12. The molecule has 82 valence electrons. The van der Waals surface area contributed by atoms with Crippen LogP contribution in [0, 0.1) is 6.92 Å². The fourth-order valence-corrected chi connectivity index (χ4v) is 2.10. The van der Waals surface area contributed by atoms with Crippen molar-refractivity contribution in [1.82, 2.24) is 4.98 Å². The number of nitrogens with zero attached hydrogens (tertiary/aromatic N) is 1. The van der Waals surface area contributed by atoms with Gasteiger partial charge in [-0.25, -0.2) is 4.98 Å². The average molecular weight is 231 g/mol. The Labute approximate surface area is 99.0 Å². The smallest absolute Gasteiger partial charge is 0.163 e. The fourth-order valence-electron chi connectivity index (χ4n) is 1.48. The van der Waals surface area contributed by atoms with Crippen molar-refractivity contribution >= 4 is 17.1 Å². The van der Waals surface area contributed by atoms with Gasteiger partial charge in [0, 0.05) is 30.0 Å². The Morgan fingerprint density at radius 1 is 1.31 bits per heavy atom. The lowest BCUT2D eigenvalue weighted by Crippen LogP contribution is -2.00. The lowest BCUT2D eigenvalue weighted by molar-refractivity contribution is 0.0983. The van der Waals surface area contributed by atoms with Crippen molar-refractivity contribution in [1.29, 1.82) is 0 Å². The third-order valence-electron chi connectivity index (χ3n) is 2.42. The second kappa shape index (κ2) is 5.03. The molecule has 0 amide bonds. The first-order valence-electron chi connectivity index (χ1n) is 5.24. The van der Waals surface area contributed by atoms with Crippen LogP contribution in [0.3, 0.4) is 0 Å². The van der Waals surface area contributed by atoms with Crippen molar-refractivity contribution in [2.75, 3.05) is 0 Å². The van der Waals surface area contributed by atoms with Crippen molar-refractivity contribution in [3.63, 3.8) is 0 Å². The van der Waals surface area contributed by atoms with Crippen molar-refractivity contribution in [3.8, 4) is 0 Å². The lowest BCUT2D eigenvalue weighted by atomic mass is 10.1. The first kappa shape index (κ1) is 11.0. The summed E-state index contributed by atoms with van der Waals surface area (Å²) < 4.78 is 0. The molecule has 1 heterocycles. The van der Waals surface area contributed by atoms with Crippen molar-refractivity contribution in [3.05, 3.63) is 52.0 Å². The molecule has 0 aliphatic rings. The average Bonchev–Trinajstić information content (AvgIpc) is 2.80. The lowest BCUT2D eigenvalue weighted by Gasteiger charge is -2.00. The Morgan fingerprint density at radius 3 is 2.69 bits per heavy atom.